The Morgan fingerprint density at radius 1 is 1.45 bits per heavy atom. The second-order valence-electron chi connectivity index (χ2n) is 2.53. The van der Waals surface area contributed by atoms with Crippen LogP contribution in [-0.2, 0) is 0 Å². The molecule has 1 aliphatic rings. The molecule has 1 aromatic heterocycles. The summed E-state index contributed by atoms with van der Waals surface area (Å²) in [6.07, 6.45) is 4.56. The molecule has 0 N–H and O–H groups in total. The fourth-order valence-electron chi connectivity index (χ4n) is 1.15. The Labute approximate surface area is 74.8 Å². The minimum Gasteiger partial charge on any atom is -0.244 e. The summed E-state index contributed by atoms with van der Waals surface area (Å²) in [6.45, 7) is 2.45. The third-order valence-electron chi connectivity index (χ3n) is 1.68. The molecule has 1 aliphatic heterocycles. The monoisotopic (exact) mass is 186 g/mol. The Morgan fingerprint density at radius 3 is 2.91 bits per heavy atom. The largest absolute Gasteiger partial charge is 0.244 e. The molecule has 0 unspecified atom stereocenters. The maximum absolute atomic E-state index is 4.22. The van der Waals surface area contributed by atoms with E-state index in [-0.39, 0.29) is 0 Å². The second-order valence-corrected chi connectivity index (χ2v) is 4.76. The summed E-state index contributed by atoms with van der Waals surface area (Å²) < 4.78 is 3.56. The predicted molar refractivity (Wildman–Crippen MR) is 48.8 cm³/mol. The Kier molecular flexibility index (Phi) is 2.45. The van der Waals surface area contributed by atoms with E-state index in [1.54, 1.807) is 23.3 Å². The van der Waals surface area contributed by atoms with Gasteiger partial charge in [0.05, 0.1) is 0 Å². The van der Waals surface area contributed by atoms with Crippen molar-refractivity contribution in [2.45, 2.75) is 17.2 Å². The Bertz CT molecular complexity index is 204. The minimum atomic E-state index is 1.17. The van der Waals surface area contributed by atoms with E-state index in [1.165, 1.54) is 30.3 Å². The highest BCUT2D eigenvalue weighted by Crippen LogP contribution is 2.27. The van der Waals surface area contributed by atoms with E-state index < -0.39 is 0 Å². The lowest BCUT2D eigenvalue weighted by molar-refractivity contribution is 0.586. The van der Waals surface area contributed by atoms with Crippen molar-refractivity contribution in [3.8, 4) is 0 Å². The molecule has 2 nitrogen and oxygen atoms in total. The number of hydrogen-bond acceptors (Lipinski definition) is 4. The first-order valence-corrected chi connectivity index (χ1v) is 5.43. The lowest BCUT2D eigenvalue weighted by Gasteiger charge is -2.09. The molecule has 2 heterocycles. The molecule has 1 fully saturated rings. The van der Waals surface area contributed by atoms with Gasteiger partial charge in [-0.05, 0) is 24.8 Å². The van der Waals surface area contributed by atoms with Crippen molar-refractivity contribution in [1.82, 2.24) is 9.29 Å². The quantitative estimate of drug-likeness (QED) is 0.659. The first-order valence-electron chi connectivity index (χ1n) is 3.77. The zero-order valence-corrected chi connectivity index (χ0v) is 7.83. The average molecular weight is 186 g/mol. The van der Waals surface area contributed by atoms with Crippen LogP contribution in [0.2, 0.25) is 0 Å². The molecule has 2 rings (SSSR count). The van der Waals surface area contributed by atoms with Gasteiger partial charge in [0.1, 0.15) is 0 Å². The molecule has 0 bridgehead atoms. The summed E-state index contributed by atoms with van der Waals surface area (Å²) in [5, 5.41) is 2.03. The van der Waals surface area contributed by atoms with E-state index in [1.807, 2.05) is 11.6 Å². The van der Waals surface area contributed by atoms with Gasteiger partial charge in [-0.15, -0.1) is 11.3 Å². The molecule has 1 saturated heterocycles. The van der Waals surface area contributed by atoms with Gasteiger partial charge < -0.3 is 0 Å². The lowest BCUT2D eigenvalue weighted by Crippen LogP contribution is -2.08. The van der Waals surface area contributed by atoms with Crippen LogP contribution in [0.1, 0.15) is 12.8 Å². The van der Waals surface area contributed by atoms with Gasteiger partial charge in [-0.2, -0.15) is 0 Å². The molecular formula is C7H10N2S2. The smallest absolute Gasteiger partial charge is 0.165 e. The van der Waals surface area contributed by atoms with E-state index >= 15 is 0 Å². The number of thiazole rings is 1. The molecule has 60 valence electrons. The first-order chi connectivity index (χ1) is 5.45. The van der Waals surface area contributed by atoms with Crippen LogP contribution in [0.25, 0.3) is 0 Å². The van der Waals surface area contributed by atoms with Gasteiger partial charge in [-0.1, -0.05) is 0 Å². The summed E-state index contributed by atoms with van der Waals surface area (Å²) in [4.78, 5) is 4.22. The maximum Gasteiger partial charge on any atom is 0.165 e. The minimum absolute atomic E-state index is 1.17. The van der Waals surface area contributed by atoms with E-state index in [2.05, 4.69) is 9.29 Å². The number of hydrogen-bond donors (Lipinski definition) is 0. The van der Waals surface area contributed by atoms with Gasteiger partial charge in [0.25, 0.3) is 0 Å². The molecular weight excluding hydrogens is 176 g/mol. The molecule has 0 spiro atoms. The van der Waals surface area contributed by atoms with Crippen LogP contribution in [-0.4, -0.2) is 22.4 Å². The summed E-state index contributed by atoms with van der Waals surface area (Å²) in [5.74, 6) is 0. The molecule has 0 aliphatic carbocycles. The highest BCUT2D eigenvalue weighted by molar-refractivity contribution is 7.98. The molecule has 0 amide bonds. The number of rotatable bonds is 2. The van der Waals surface area contributed by atoms with Crippen molar-refractivity contribution in [2.75, 3.05) is 13.1 Å². The topological polar surface area (TPSA) is 16.1 Å². The van der Waals surface area contributed by atoms with Crippen LogP contribution in [0, 0.1) is 0 Å². The van der Waals surface area contributed by atoms with Crippen molar-refractivity contribution in [3.05, 3.63) is 11.6 Å². The standard InChI is InChI=1S/C7H10N2S2/c1-2-5-9(4-1)11-7-8-3-6-10-7/h3,6H,1-2,4-5H2. The van der Waals surface area contributed by atoms with Gasteiger partial charge in [0, 0.05) is 24.7 Å². The van der Waals surface area contributed by atoms with Crippen LogP contribution in [0.15, 0.2) is 15.9 Å². The highest BCUT2D eigenvalue weighted by atomic mass is 32.2. The van der Waals surface area contributed by atoms with Crippen LogP contribution in [0.3, 0.4) is 0 Å². The van der Waals surface area contributed by atoms with Crippen molar-refractivity contribution in [3.63, 3.8) is 0 Å². The van der Waals surface area contributed by atoms with Crippen molar-refractivity contribution in [1.29, 1.82) is 0 Å². The molecule has 0 aromatic carbocycles. The van der Waals surface area contributed by atoms with Crippen LogP contribution in [0.4, 0.5) is 0 Å². The van der Waals surface area contributed by atoms with Crippen LogP contribution < -0.4 is 0 Å². The molecule has 4 heteroatoms. The SMILES string of the molecule is c1csc(SN2CCCC2)n1. The molecule has 0 atom stereocenters. The fourth-order valence-corrected chi connectivity index (χ4v) is 2.93. The summed E-state index contributed by atoms with van der Waals surface area (Å²) >= 11 is 3.52. The summed E-state index contributed by atoms with van der Waals surface area (Å²) in [5.41, 5.74) is 0. The van der Waals surface area contributed by atoms with E-state index in [0.29, 0.717) is 0 Å². The first kappa shape index (κ1) is 7.58. The predicted octanol–water partition coefficient (Wildman–Crippen LogP) is 2.25. The number of aromatic nitrogens is 1. The molecule has 0 saturated carbocycles. The molecule has 1 aromatic rings. The van der Waals surface area contributed by atoms with E-state index in [4.69, 9.17) is 0 Å². The zero-order chi connectivity index (χ0) is 7.52. The van der Waals surface area contributed by atoms with Gasteiger partial charge in [0.15, 0.2) is 4.34 Å². The third kappa shape index (κ3) is 1.95. The van der Waals surface area contributed by atoms with Gasteiger partial charge in [0.2, 0.25) is 0 Å². The average Bonchev–Trinajstić information content (AvgIpc) is 2.60. The van der Waals surface area contributed by atoms with Crippen LogP contribution >= 0.6 is 23.3 Å². The van der Waals surface area contributed by atoms with Crippen molar-refractivity contribution < 1.29 is 0 Å². The Hall–Kier alpha value is -0.0600. The summed E-state index contributed by atoms with van der Waals surface area (Å²) in [6, 6.07) is 0. The van der Waals surface area contributed by atoms with Crippen molar-refractivity contribution >= 4 is 23.3 Å². The zero-order valence-electron chi connectivity index (χ0n) is 6.19. The lowest BCUT2D eigenvalue weighted by atomic mass is 10.4. The van der Waals surface area contributed by atoms with E-state index in [0.717, 1.165) is 0 Å². The second kappa shape index (κ2) is 3.56. The summed E-state index contributed by atoms with van der Waals surface area (Å²) in [7, 11) is 0. The third-order valence-corrected chi connectivity index (χ3v) is 3.64. The van der Waals surface area contributed by atoms with Crippen LogP contribution in [0.5, 0.6) is 0 Å². The van der Waals surface area contributed by atoms with Gasteiger partial charge in [-0.3, -0.25) is 0 Å². The molecule has 11 heavy (non-hydrogen) atoms. The Balaban J connectivity index is 1.90. The van der Waals surface area contributed by atoms with E-state index in [9.17, 15) is 0 Å². The Morgan fingerprint density at radius 2 is 2.27 bits per heavy atom. The fraction of sp³-hybridized carbons (Fsp3) is 0.571. The normalized spacial score (nSPS) is 19.3. The highest BCUT2D eigenvalue weighted by Gasteiger charge is 2.13. The molecule has 0 radical (unpaired) electrons. The van der Waals surface area contributed by atoms with Gasteiger partial charge >= 0.3 is 0 Å². The van der Waals surface area contributed by atoms with Crippen molar-refractivity contribution in [2.24, 2.45) is 0 Å². The number of nitrogens with zero attached hydrogens (tertiary/aromatic N) is 2. The maximum atomic E-state index is 4.22. The van der Waals surface area contributed by atoms with Gasteiger partial charge in [-0.25, -0.2) is 9.29 Å².